The molecule has 2 heteroatoms. The highest BCUT2D eigenvalue weighted by molar-refractivity contribution is 5.98. The molecule has 1 aromatic rings. The summed E-state index contributed by atoms with van der Waals surface area (Å²) in [6, 6.07) is 10.7. The number of benzene rings is 1. The van der Waals surface area contributed by atoms with Crippen LogP contribution in [0.15, 0.2) is 30.3 Å². The van der Waals surface area contributed by atoms with E-state index in [2.05, 4.69) is 58.0 Å². The van der Waals surface area contributed by atoms with Gasteiger partial charge in [0, 0.05) is 0 Å². The molecule has 0 radical (unpaired) electrons. The highest BCUT2D eigenvalue weighted by Crippen LogP contribution is 2.38. The lowest BCUT2D eigenvalue weighted by Crippen LogP contribution is -2.27. The fourth-order valence-electron chi connectivity index (χ4n) is 2.86. The second kappa shape index (κ2) is 7.75. The molecule has 3 atom stereocenters. The minimum atomic E-state index is 0.280. The predicted molar refractivity (Wildman–Crippen MR) is 82.6 cm³/mol. The van der Waals surface area contributed by atoms with E-state index in [4.69, 9.17) is 4.43 Å². The Balaban J connectivity index is 3.01. The van der Waals surface area contributed by atoms with Crippen LogP contribution < -0.4 is 0 Å². The van der Waals surface area contributed by atoms with Crippen molar-refractivity contribution in [2.45, 2.75) is 46.6 Å². The van der Waals surface area contributed by atoms with Gasteiger partial charge in [-0.25, -0.2) is 0 Å². The number of rotatable bonds is 7. The predicted octanol–water partition coefficient (Wildman–Crippen LogP) is 3.73. The van der Waals surface area contributed by atoms with Crippen molar-refractivity contribution in [2.24, 2.45) is 17.8 Å². The Hall–Kier alpha value is -0.603. The van der Waals surface area contributed by atoms with Gasteiger partial charge in [0.1, 0.15) is 10.5 Å². The van der Waals surface area contributed by atoms with Crippen LogP contribution in [0.5, 0.6) is 0 Å². The lowest BCUT2D eigenvalue weighted by molar-refractivity contribution is 0.0667. The van der Waals surface area contributed by atoms with E-state index >= 15 is 0 Å². The Bertz CT molecular complexity index is 315. The van der Waals surface area contributed by atoms with Crippen molar-refractivity contribution in [3.63, 3.8) is 0 Å². The minimum Gasteiger partial charge on any atom is -0.421 e. The first kappa shape index (κ1) is 15.5. The topological polar surface area (TPSA) is 9.23 Å². The zero-order valence-corrected chi connectivity index (χ0v) is 14.5. The lowest BCUT2D eigenvalue weighted by atomic mass is 9.75. The summed E-state index contributed by atoms with van der Waals surface area (Å²) in [7, 11) is 0.802. The summed E-state index contributed by atoms with van der Waals surface area (Å²) in [5, 5.41) is 0. The molecule has 0 aliphatic carbocycles. The highest BCUT2D eigenvalue weighted by Gasteiger charge is 2.30. The van der Waals surface area contributed by atoms with E-state index in [1.807, 2.05) is 0 Å². The van der Waals surface area contributed by atoms with Crippen molar-refractivity contribution in [3.05, 3.63) is 35.9 Å². The van der Waals surface area contributed by atoms with Gasteiger partial charge in [-0.05, 0) is 23.3 Å². The van der Waals surface area contributed by atoms with Gasteiger partial charge in [0.25, 0.3) is 0 Å². The van der Waals surface area contributed by atoms with E-state index in [1.54, 1.807) is 0 Å². The van der Waals surface area contributed by atoms with E-state index in [0.29, 0.717) is 17.8 Å². The first-order valence-electron chi connectivity index (χ1n) is 7.23. The third-order valence-electron chi connectivity index (χ3n) is 4.33. The molecule has 0 aromatic heterocycles. The molecule has 0 bridgehead atoms. The molecule has 3 unspecified atom stereocenters. The van der Waals surface area contributed by atoms with Crippen LogP contribution in [0.25, 0.3) is 0 Å². The molecule has 0 heterocycles. The summed E-state index contributed by atoms with van der Waals surface area (Å²) in [5.41, 5.74) is 1.35. The average Bonchev–Trinajstić information content (AvgIpc) is 2.44. The van der Waals surface area contributed by atoms with Crippen LogP contribution >= 0.6 is 0 Å². The fourth-order valence-corrected chi connectivity index (χ4v) is 3.45. The molecule has 0 aliphatic heterocycles. The number of hydrogen-bond donors (Lipinski definition) is 0. The van der Waals surface area contributed by atoms with E-state index in [0.717, 1.165) is 10.5 Å². The van der Waals surface area contributed by atoms with Gasteiger partial charge in [-0.15, -0.1) is 0 Å². The van der Waals surface area contributed by atoms with Gasteiger partial charge < -0.3 is 4.43 Å². The van der Waals surface area contributed by atoms with Crippen LogP contribution in [0.1, 0.15) is 52.2 Å². The SMILES string of the molecule is CCC(C)C(C(C)CC)C(O[SiH3])c1ccccc1. The standard InChI is InChI=1S/C16H28OSi/c1-5-12(3)15(13(4)6-2)16(17-18)14-10-8-7-9-11-14/h7-13,15-16H,5-6H2,1-4,18H3. The monoisotopic (exact) mass is 264 g/mol. The minimum absolute atomic E-state index is 0.280. The quantitative estimate of drug-likeness (QED) is 0.682. The maximum absolute atomic E-state index is 5.98. The third-order valence-corrected chi connectivity index (χ3v) is 4.84. The van der Waals surface area contributed by atoms with Crippen LogP contribution in [0.4, 0.5) is 0 Å². The largest absolute Gasteiger partial charge is 0.421 e. The summed E-state index contributed by atoms with van der Waals surface area (Å²) >= 11 is 0. The molecule has 0 fully saturated rings. The molecule has 18 heavy (non-hydrogen) atoms. The van der Waals surface area contributed by atoms with Crippen molar-refractivity contribution >= 4 is 10.5 Å². The maximum atomic E-state index is 5.98. The normalized spacial score (nSPS) is 18.2. The van der Waals surface area contributed by atoms with Gasteiger partial charge in [0.05, 0.1) is 6.10 Å². The van der Waals surface area contributed by atoms with Crippen LogP contribution in [-0.2, 0) is 4.43 Å². The molecule has 0 N–H and O–H groups in total. The summed E-state index contributed by atoms with van der Waals surface area (Å²) in [6.07, 6.45) is 2.73. The van der Waals surface area contributed by atoms with Gasteiger partial charge in [-0.2, -0.15) is 0 Å². The third kappa shape index (κ3) is 3.69. The highest BCUT2D eigenvalue weighted by atomic mass is 28.2. The molecule has 0 saturated heterocycles. The molecule has 1 aromatic carbocycles. The van der Waals surface area contributed by atoms with E-state index in [9.17, 15) is 0 Å². The van der Waals surface area contributed by atoms with Crippen LogP contribution in [0.3, 0.4) is 0 Å². The average molecular weight is 264 g/mol. The maximum Gasteiger partial charge on any atom is 0.146 e. The van der Waals surface area contributed by atoms with Crippen LogP contribution in [0, 0.1) is 17.8 Å². The molecule has 1 rings (SSSR count). The Labute approximate surface area is 115 Å². The van der Waals surface area contributed by atoms with Gasteiger partial charge in [-0.3, -0.25) is 0 Å². The molecule has 102 valence electrons. The zero-order chi connectivity index (χ0) is 13.5. The second-order valence-corrected chi connectivity index (χ2v) is 5.89. The molecular formula is C16H28OSi. The smallest absolute Gasteiger partial charge is 0.146 e. The van der Waals surface area contributed by atoms with Gasteiger partial charge in [-0.1, -0.05) is 70.9 Å². The van der Waals surface area contributed by atoms with Crippen molar-refractivity contribution in [3.8, 4) is 0 Å². The molecular weight excluding hydrogens is 236 g/mol. The summed E-state index contributed by atoms with van der Waals surface area (Å²) in [6.45, 7) is 9.31. The number of hydrogen-bond acceptors (Lipinski definition) is 1. The molecule has 1 nitrogen and oxygen atoms in total. The van der Waals surface area contributed by atoms with Crippen molar-refractivity contribution < 1.29 is 4.43 Å². The Morgan fingerprint density at radius 3 is 1.89 bits per heavy atom. The van der Waals surface area contributed by atoms with Gasteiger partial charge >= 0.3 is 0 Å². The Morgan fingerprint density at radius 1 is 1.00 bits per heavy atom. The van der Waals surface area contributed by atoms with Crippen molar-refractivity contribution in [1.29, 1.82) is 0 Å². The van der Waals surface area contributed by atoms with Gasteiger partial charge in [0.2, 0.25) is 0 Å². The lowest BCUT2D eigenvalue weighted by Gasteiger charge is -2.35. The zero-order valence-electron chi connectivity index (χ0n) is 12.5. The Kier molecular flexibility index (Phi) is 6.65. The molecule has 0 aliphatic rings. The molecule has 0 saturated carbocycles. The van der Waals surface area contributed by atoms with Gasteiger partial charge in [0.15, 0.2) is 0 Å². The van der Waals surface area contributed by atoms with Crippen LogP contribution in [0.2, 0.25) is 0 Å². The van der Waals surface area contributed by atoms with Crippen molar-refractivity contribution in [1.82, 2.24) is 0 Å². The first-order chi connectivity index (χ1) is 8.65. The van der Waals surface area contributed by atoms with Crippen molar-refractivity contribution in [2.75, 3.05) is 0 Å². The molecule has 0 amide bonds. The van der Waals surface area contributed by atoms with E-state index < -0.39 is 0 Å². The summed E-state index contributed by atoms with van der Waals surface area (Å²) in [5.74, 6) is 2.04. The Morgan fingerprint density at radius 2 is 1.50 bits per heavy atom. The fraction of sp³-hybridized carbons (Fsp3) is 0.625. The van der Waals surface area contributed by atoms with E-state index in [-0.39, 0.29) is 6.10 Å². The van der Waals surface area contributed by atoms with E-state index in [1.165, 1.54) is 18.4 Å². The molecule has 0 spiro atoms. The first-order valence-corrected chi connectivity index (χ1v) is 8.05. The summed E-state index contributed by atoms with van der Waals surface area (Å²) < 4.78 is 5.98. The summed E-state index contributed by atoms with van der Waals surface area (Å²) in [4.78, 5) is 0. The second-order valence-electron chi connectivity index (χ2n) is 5.42. The van der Waals surface area contributed by atoms with Crippen LogP contribution in [-0.4, -0.2) is 10.5 Å².